The fraction of sp³-hybridized carbons (Fsp3) is 0.538. The summed E-state index contributed by atoms with van der Waals surface area (Å²) >= 11 is 0. The van der Waals surface area contributed by atoms with Gasteiger partial charge in [-0.2, -0.15) is 0 Å². The number of hydrogen-bond acceptors (Lipinski definition) is 5. The number of rotatable bonds is 8. The highest BCUT2D eigenvalue weighted by molar-refractivity contribution is 6.02. The van der Waals surface area contributed by atoms with Gasteiger partial charge in [0.15, 0.2) is 0 Å². The van der Waals surface area contributed by atoms with Crippen LogP contribution in [0.25, 0.3) is 0 Å². The smallest absolute Gasteiger partial charge is 0.250 e. The lowest BCUT2D eigenvalue weighted by Gasteiger charge is -2.35. The first-order valence-corrected chi connectivity index (χ1v) is 12.3. The van der Waals surface area contributed by atoms with Crippen molar-refractivity contribution >= 4 is 29.3 Å². The minimum Gasteiger partial charge on any atom is -0.350 e. The predicted molar refractivity (Wildman–Crippen MR) is 134 cm³/mol. The summed E-state index contributed by atoms with van der Waals surface area (Å²) in [6, 6.07) is 5.68. The molecule has 0 aromatic heterocycles. The molecule has 0 saturated carbocycles. The Balaban J connectivity index is 1.66. The Hall–Kier alpha value is -3.20. The van der Waals surface area contributed by atoms with Crippen molar-refractivity contribution in [3.63, 3.8) is 0 Å². The van der Waals surface area contributed by atoms with Crippen LogP contribution in [0.3, 0.4) is 0 Å². The third kappa shape index (κ3) is 6.69. The minimum atomic E-state index is -0.622. The molecule has 2 aliphatic heterocycles. The predicted octanol–water partition coefficient (Wildman–Crippen LogP) is 1.84. The molecule has 4 atom stereocenters. The van der Waals surface area contributed by atoms with Gasteiger partial charge in [-0.05, 0) is 64.3 Å². The fourth-order valence-electron chi connectivity index (χ4n) is 4.65. The average molecular weight is 484 g/mol. The summed E-state index contributed by atoms with van der Waals surface area (Å²) in [5.41, 5.74) is 1.86. The molecular weight excluding hydrogens is 446 g/mol. The van der Waals surface area contributed by atoms with E-state index in [1.807, 2.05) is 12.1 Å². The van der Waals surface area contributed by atoms with Crippen LogP contribution in [-0.4, -0.2) is 59.7 Å². The molecule has 2 heterocycles. The van der Waals surface area contributed by atoms with Crippen LogP contribution in [-0.2, 0) is 25.7 Å². The topological polar surface area (TPSA) is 120 Å². The Morgan fingerprint density at radius 3 is 2.60 bits per heavy atom. The first-order valence-electron chi connectivity index (χ1n) is 12.3. The zero-order chi connectivity index (χ0) is 25.5. The Morgan fingerprint density at radius 1 is 1.14 bits per heavy atom. The van der Waals surface area contributed by atoms with Gasteiger partial charge in [0, 0.05) is 23.8 Å². The van der Waals surface area contributed by atoms with Crippen molar-refractivity contribution in [2.75, 3.05) is 12.4 Å². The molecule has 2 fully saturated rings. The Labute approximate surface area is 207 Å². The number of amides is 4. The first kappa shape index (κ1) is 26.4. The Morgan fingerprint density at radius 2 is 1.89 bits per heavy atom. The van der Waals surface area contributed by atoms with Crippen LogP contribution in [0.4, 0.5) is 5.69 Å². The SMILES string of the molecule is C=C(C)C(=O)Nc1cccc(CNC(=O)[C@@H]2CC[C@@H]3CCCC[C@H](NC(=O)[C@H](C)NC)C(=O)N32)c1. The molecule has 0 aliphatic carbocycles. The number of benzene rings is 1. The van der Waals surface area contributed by atoms with E-state index in [0.717, 1.165) is 31.2 Å². The number of anilines is 1. The second kappa shape index (κ2) is 12.0. The van der Waals surface area contributed by atoms with Crippen molar-refractivity contribution in [1.82, 2.24) is 20.9 Å². The maximum atomic E-state index is 13.5. The normalized spacial score (nSPS) is 22.9. The second-order valence-corrected chi connectivity index (χ2v) is 9.50. The van der Waals surface area contributed by atoms with E-state index in [9.17, 15) is 19.2 Å². The second-order valence-electron chi connectivity index (χ2n) is 9.50. The lowest BCUT2D eigenvalue weighted by Crippen LogP contribution is -2.57. The van der Waals surface area contributed by atoms with Crippen LogP contribution in [0.15, 0.2) is 36.4 Å². The molecule has 0 radical (unpaired) electrons. The van der Waals surface area contributed by atoms with Gasteiger partial charge in [-0.3, -0.25) is 19.2 Å². The summed E-state index contributed by atoms with van der Waals surface area (Å²) in [7, 11) is 1.70. The molecule has 4 amide bonds. The average Bonchev–Trinajstić information content (AvgIpc) is 3.25. The highest BCUT2D eigenvalue weighted by Gasteiger charge is 2.43. The molecule has 2 saturated heterocycles. The van der Waals surface area contributed by atoms with Gasteiger partial charge in [0.05, 0.1) is 6.04 Å². The lowest BCUT2D eigenvalue weighted by molar-refractivity contribution is -0.144. The zero-order valence-electron chi connectivity index (χ0n) is 20.9. The van der Waals surface area contributed by atoms with E-state index in [1.165, 1.54) is 0 Å². The quantitative estimate of drug-likeness (QED) is 0.421. The van der Waals surface area contributed by atoms with Gasteiger partial charge in [-0.1, -0.05) is 31.6 Å². The van der Waals surface area contributed by atoms with E-state index >= 15 is 0 Å². The maximum Gasteiger partial charge on any atom is 0.250 e. The summed E-state index contributed by atoms with van der Waals surface area (Å²) < 4.78 is 0. The van der Waals surface area contributed by atoms with E-state index in [1.54, 1.807) is 37.9 Å². The number of carbonyl (C=O) groups excluding carboxylic acids is 4. The van der Waals surface area contributed by atoms with Crippen molar-refractivity contribution in [1.29, 1.82) is 0 Å². The number of hydrogen-bond donors (Lipinski definition) is 4. The molecular formula is C26H37N5O4. The summed E-state index contributed by atoms with van der Waals surface area (Å²) in [5, 5.41) is 11.5. The molecule has 4 N–H and O–H groups in total. The summed E-state index contributed by atoms with van der Waals surface area (Å²) in [6.07, 6.45) is 4.64. The Bertz CT molecular complexity index is 978. The Kier molecular flexibility index (Phi) is 9.03. The third-order valence-electron chi connectivity index (χ3n) is 6.82. The molecule has 9 nitrogen and oxygen atoms in total. The van der Waals surface area contributed by atoms with Gasteiger partial charge in [0.1, 0.15) is 12.1 Å². The first-order chi connectivity index (χ1) is 16.7. The van der Waals surface area contributed by atoms with Crippen molar-refractivity contribution in [2.24, 2.45) is 0 Å². The van der Waals surface area contributed by atoms with E-state index < -0.39 is 18.1 Å². The number of likely N-dealkylation sites (N-methyl/N-ethyl adjacent to an activating group) is 1. The molecule has 2 aliphatic rings. The van der Waals surface area contributed by atoms with Crippen LogP contribution < -0.4 is 21.3 Å². The van der Waals surface area contributed by atoms with E-state index in [0.29, 0.717) is 24.1 Å². The van der Waals surface area contributed by atoms with Gasteiger partial charge < -0.3 is 26.2 Å². The molecule has 0 spiro atoms. The van der Waals surface area contributed by atoms with Crippen LogP contribution in [0.2, 0.25) is 0 Å². The summed E-state index contributed by atoms with van der Waals surface area (Å²) in [4.78, 5) is 52.7. The maximum absolute atomic E-state index is 13.5. The highest BCUT2D eigenvalue weighted by Crippen LogP contribution is 2.31. The van der Waals surface area contributed by atoms with E-state index in [4.69, 9.17) is 0 Å². The number of fused-ring (bicyclic) bond motifs is 1. The largest absolute Gasteiger partial charge is 0.350 e. The van der Waals surface area contributed by atoms with Crippen molar-refractivity contribution < 1.29 is 19.2 Å². The van der Waals surface area contributed by atoms with Crippen LogP contribution >= 0.6 is 0 Å². The van der Waals surface area contributed by atoms with Crippen LogP contribution in [0.5, 0.6) is 0 Å². The molecule has 0 bridgehead atoms. The standard InChI is InChI=1S/C26H37N5O4/c1-16(2)23(32)29-19-9-7-8-18(14-19)15-28-25(34)22-13-12-20-10-5-6-11-21(26(35)31(20)22)30-24(33)17(3)27-4/h7-9,14,17,20-22,27H,1,5-6,10-13,15H2,2-4H3,(H,28,34)(H,29,32)(H,30,33)/t17-,20-,21-,22-/m0/s1. The molecule has 0 unspecified atom stereocenters. The van der Waals surface area contributed by atoms with Crippen LogP contribution in [0, 0.1) is 0 Å². The minimum absolute atomic E-state index is 0.0142. The van der Waals surface area contributed by atoms with E-state index in [-0.39, 0.29) is 36.2 Å². The molecule has 1 aromatic carbocycles. The monoisotopic (exact) mass is 483 g/mol. The van der Waals surface area contributed by atoms with Gasteiger partial charge >= 0.3 is 0 Å². The van der Waals surface area contributed by atoms with Gasteiger partial charge in [0.25, 0.3) is 5.91 Å². The molecule has 1 aromatic rings. The molecule has 9 heteroatoms. The van der Waals surface area contributed by atoms with Crippen molar-refractivity contribution in [2.45, 2.75) is 83.1 Å². The zero-order valence-corrected chi connectivity index (χ0v) is 20.9. The van der Waals surface area contributed by atoms with E-state index in [2.05, 4.69) is 27.8 Å². The summed E-state index contributed by atoms with van der Waals surface area (Å²) in [5.74, 6) is -0.855. The molecule has 190 valence electrons. The van der Waals surface area contributed by atoms with Gasteiger partial charge in [-0.15, -0.1) is 0 Å². The lowest BCUT2D eigenvalue weighted by atomic mass is 9.98. The number of nitrogens with zero attached hydrogens (tertiary/aromatic N) is 1. The van der Waals surface area contributed by atoms with Crippen molar-refractivity contribution in [3.05, 3.63) is 42.0 Å². The fourth-order valence-corrected chi connectivity index (χ4v) is 4.65. The summed E-state index contributed by atoms with van der Waals surface area (Å²) in [6.45, 7) is 7.29. The highest BCUT2D eigenvalue weighted by atomic mass is 16.2. The van der Waals surface area contributed by atoms with Gasteiger partial charge in [-0.25, -0.2) is 0 Å². The van der Waals surface area contributed by atoms with Gasteiger partial charge in [0.2, 0.25) is 17.7 Å². The number of carbonyl (C=O) groups is 4. The third-order valence-corrected chi connectivity index (χ3v) is 6.82. The molecule has 35 heavy (non-hydrogen) atoms. The number of nitrogens with one attached hydrogen (secondary N) is 4. The molecule has 3 rings (SSSR count). The van der Waals surface area contributed by atoms with Crippen LogP contribution in [0.1, 0.15) is 57.9 Å². The van der Waals surface area contributed by atoms with Crippen molar-refractivity contribution in [3.8, 4) is 0 Å².